The number of hydrogen-bond donors (Lipinski definition) is 1. The topological polar surface area (TPSA) is 104 Å². The standard InChI is InChI=1S/C23H29NO8/c1-4-30-21(27)23-14-22(31-11-12-32-22)9-7-18(23)24(20(26)19(23)25)10-8-15-5-6-16(28-2)17(13-15)29-3/h5-7,13,19,25H,4,8-12,14H2,1-3H3/t19-,23+/m0/s1. The van der Waals surface area contributed by atoms with E-state index >= 15 is 0 Å². The predicted molar refractivity (Wildman–Crippen MR) is 112 cm³/mol. The number of ether oxygens (including phenoxy) is 5. The van der Waals surface area contributed by atoms with Crippen molar-refractivity contribution in [1.82, 2.24) is 4.90 Å². The molecule has 2 aliphatic heterocycles. The molecular formula is C23H29NO8. The van der Waals surface area contributed by atoms with Crippen LogP contribution in [-0.4, -0.2) is 74.4 Å². The van der Waals surface area contributed by atoms with Gasteiger partial charge in [-0.1, -0.05) is 12.1 Å². The number of methoxy groups -OCH3 is 2. The van der Waals surface area contributed by atoms with Crippen LogP contribution in [-0.2, 0) is 30.2 Å². The summed E-state index contributed by atoms with van der Waals surface area (Å²) in [5.74, 6) is -0.995. The van der Waals surface area contributed by atoms with Crippen molar-refractivity contribution in [2.24, 2.45) is 5.41 Å². The summed E-state index contributed by atoms with van der Waals surface area (Å²) in [6, 6.07) is 5.54. The second-order valence-electron chi connectivity index (χ2n) is 8.10. The number of rotatable bonds is 7. The van der Waals surface area contributed by atoms with E-state index in [1.165, 1.54) is 4.90 Å². The Hall–Kier alpha value is -2.62. The monoisotopic (exact) mass is 447 g/mol. The van der Waals surface area contributed by atoms with Gasteiger partial charge in [0.2, 0.25) is 0 Å². The molecule has 0 bridgehead atoms. The molecule has 4 rings (SSSR count). The highest BCUT2D eigenvalue weighted by molar-refractivity contribution is 5.98. The van der Waals surface area contributed by atoms with Gasteiger partial charge < -0.3 is 33.7 Å². The molecule has 32 heavy (non-hydrogen) atoms. The van der Waals surface area contributed by atoms with Crippen LogP contribution in [0.25, 0.3) is 0 Å². The van der Waals surface area contributed by atoms with Crippen molar-refractivity contribution in [2.45, 2.75) is 38.1 Å². The van der Waals surface area contributed by atoms with Gasteiger partial charge in [-0.15, -0.1) is 0 Å². The lowest BCUT2D eigenvalue weighted by Gasteiger charge is -2.41. The van der Waals surface area contributed by atoms with E-state index in [9.17, 15) is 14.7 Å². The van der Waals surface area contributed by atoms with E-state index in [2.05, 4.69) is 0 Å². The minimum absolute atomic E-state index is 0.0322. The van der Waals surface area contributed by atoms with E-state index in [0.717, 1.165) is 5.56 Å². The second kappa shape index (κ2) is 8.73. The van der Waals surface area contributed by atoms with Gasteiger partial charge in [-0.3, -0.25) is 9.59 Å². The Kier molecular flexibility index (Phi) is 6.15. The Morgan fingerprint density at radius 2 is 1.94 bits per heavy atom. The molecule has 1 aliphatic carbocycles. The lowest BCUT2D eigenvalue weighted by molar-refractivity contribution is -0.200. The van der Waals surface area contributed by atoms with Crippen molar-refractivity contribution < 1.29 is 38.4 Å². The summed E-state index contributed by atoms with van der Waals surface area (Å²) in [6.07, 6.45) is 1.12. The molecule has 1 N–H and O–H groups in total. The number of esters is 1. The highest BCUT2D eigenvalue weighted by Crippen LogP contribution is 2.53. The van der Waals surface area contributed by atoms with Gasteiger partial charge in [0.15, 0.2) is 23.4 Å². The quantitative estimate of drug-likeness (QED) is 0.626. The highest BCUT2D eigenvalue weighted by atomic mass is 16.7. The molecular weight excluding hydrogens is 418 g/mol. The van der Waals surface area contributed by atoms with Crippen molar-refractivity contribution in [1.29, 1.82) is 0 Å². The summed E-state index contributed by atoms with van der Waals surface area (Å²) in [6.45, 7) is 2.91. The molecule has 1 amide bonds. The summed E-state index contributed by atoms with van der Waals surface area (Å²) in [7, 11) is 3.13. The summed E-state index contributed by atoms with van der Waals surface area (Å²) in [5.41, 5.74) is -0.166. The molecule has 9 heteroatoms. The third kappa shape index (κ3) is 3.54. The van der Waals surface area contributed by atoms with E-state index < -0.39 is 29.2 Å². The zero-order valence-electron chi connectivity index (χ0n) is 18.6. The van der Waals surface area contributed by atoms with Crippen LogP contribution < -0.4 is 9.47 Å². The van der Waals surface area contributed by atoms with Crippen LogP contribution in [0, 0.1) is 5.41 Å². The van der Waals surface area contributed by atoms with Crippen LogP contribution in [0.2, 0.25) is 0 Å². The maximum atomic E-state index is 13.1. The number of carbonyl (C=O) groups is 2. The molecule has 2 saturated heterocycles. The maximum Gasteiger partial charge on any atom is 0.321 e. The largest absolute Gasteiger partial charge is 0.493 e. The van der Waals surface area contributed by atoms with Gasteiger partial charge in [0, 0.05) is 25.1 Å². The molecule has 0 radical (unpaired) electrons. The van der Waals surface area contributed by atoms with Gasteiger partial charge in [0.25, 0.3) is 5.91 Å². The SMILES string of the molecule is CCOC(=O)[C@]12CC3(CC=C1N(CCc1ccc(OC)c(OC)c1)C(=O)[C@@H]2O)OCCO3. The van der Waals surface area contributed by atoms with Crippen LogP contribution >= 0.6 is 0 Å². The first-order chi connectivity index (χ1) is 15.4. The number of nitrogens with zero attached hydrogens (tertiary/aromatic N) is 1. The number of amides is 1. The average molecular weight is 447 g/mol. The van der Waals surface area contributed by atoms with E-state index in [-0.39, 0.29) is 19.6 Å². The van der Waals surface area contributed by atoms with Crippen LogP contribution in [0.15, 0.2) is 30.0 Å². The molecule has 2 heterocycles. The number of aliphatic hydroxyl groups is 1. The smallest absolute Gasteiger partial charge is 0.321 e. The van der Waals surface area contributed by atoms with Gasteiger partial charge in [0.1, 0.15) is 5.41 Å². The molecule has 2 fully saturated rings. The Morgan fingerprint density at radius 1 is 1.22 bits per heavy atom. The Balaban J connectivity index is 1.63. The minimum Gasteiger partial charge on any atom is -0.493 e. The third-order valence-electron chi connectivity index (χ3n) is 6.39. The molecule has 1 aromatic carbocycles. The normalized spacial score (nSPS) is 26.1. The van der Waals surface area contributed by atoms with Crippen molar-refractivity contribution in [3.63, 3.8) is 0 Å². The van der Waals surface area contributed by atoms with E-state index in [0.29, 0.717) is 43.3 Å². The van der Waals surface area contributed by atoms with Gasteiger partial charge >= 0.3 is 5.97 Å². The first-order valence-corrected chi connectivity index (χ1v) is 10.8. The van der Waals surface area contributed by atoms with Crippen molar-refractivity contribution in [3.8, 4) is 11.5 Å². The summed E-state index contributed by atoms with van der Waals surface area (Å²) < 4.78 is 27.5. The van der Waals surface area contributed by atoms with Crippen LogP contribution in [0.1, 0.15) is 25.3 Å². The fraction of sp³-hybridized carbons (Fsp3) is 0.565. The summed E-state index contributed by atoms with van der Waals surface area (Å²) in [4.78, 5) is 27.7. The fourth-order valence-corrected chi connectivity index (χ4v) is 4.86. The number of hydrogen-bond acceptors (Lipinski definition) is 8. The Bertz CT molecular complexity index is 923. The molecule has 174 valence electrons. The summed E-state index contributed by atoms with van der Waals surface area (Å²) >= 11 is 0. The van der Waals surface area contributed by atoms with Gasteiger partial charge in [-0.2, -0.15) is 0 Å². The molecule has 2 atom stereocenters. The number of fused-ring (bicyclic) bond motifs is 1. The second-order valence-corrected chi connectivity index (χ2v) is 8.10. The zero-order chi connectivity index (χ0) is 22.9. The predicted octanol–water partition coefficient (Wildman–Crippen LogP) is 1.42. The molecule has 3 aliphatic rings. The Labute approximate surface area is 186 Å². The molecule has 0 aromatic heterocycles. The number of aliphatic hydroxyl groups excluding tert-OH is 1. The number of carbonyl (C=O) groups excluding carboxylic acids is 2. The number of benzene rings is 1. The van der Waals surface area contributed by atoms with Gasteiger partial charge in [-0.25, -0.2) is 0 Å². The first kappa shape index (κ1) is 22.6. The maximum absolute atomic E-state index is 13.1. The van der Waals surface area contributed by atoms with E-state index in [4.69, 9.17) is 23.7 Å². The Morgan fingerprint density at radius 3 is 2.59 bits per heavy atom. The van der Waals surface area contributed by atoms with Crippen molar-refractivity contribution in [2.75, 3.05) is 40.6 Å². The minimum atomic E-state index is -1.57. The van der Waals surface area contributed by atoms with Crippen LogP contribution in [0.3, 0.4) is 0 Å². The van der Waals surface area contributed by atoms with Crippen LogP contribution in [0.5, 0.6) is 11.5 Å². The van der Waals surface area contributed by atoms with Crippen molar-refractivity contribution >= 4 is 11.9 Å². The fourth-order valence-electron chi connectivity index (χ4n) is 4.86. The molecule has 0 unspecified atom stereocenters. The van der Waals surface area contributed by atoms with E-state index in [1.807, 2.05) is 12.1 Å². The van der Waals surface area contributed by atoms with Crippen LogP contribution in [0.4, 0.5) is 0 Å². The van der Waals surface area contributed by atoms with Gasteiger partial charge in [-0.05, 0) is 31.0 Å². The lowest BCUT2D eigenvalue weighted by Crippen LogP contribution is -2.51. The molecule has 0 saturated carbocycles. The molecule has 1 aromatic rings. The highest BCUT2D eigenvalue weighted by Gasteiger charge is 2.66. The number of likely N-dealkylation sites (tertiary alicyclic amines) is 1. The summed E-state index contributed by atoms with van der Waals surface area (Å²) in [5, 5.41) is 11.0. The van der Waals surface area contributed by atoms with Gasteiger partial charge in [0.05, 0.1) is 34.0 Å². The van der Waals surface area contributed by atoms with Crippen molar-refractivity contribution in [3.05, 3.63) is 35.5 Å². The van der Waals surface area contributed by atoms with E-state index in [1.54, 1.807) is 33.3 Å². The molecule has 9 nitrogen and oxygen atoms in total. The zero-order valence-corrected chi connectivity index (χ0v) is 18.6. The first-order valence-electron chi connectivity index (χ1n) is 10.8. The third-order valence-corrected chi connectivity index (χ3v) is 6.39. The molecule has 1 spiro atoms. The lowest BCUT2D eigenvalue weighted by atomic mass is 9.71. The average Bonchev–Trinajstić information content (AvgIpc) is 3.34.